The van der Waals surface area contributed by atoms with Gasteiger partial charge < -0.3 is 4.79 Å². The number of nitriles is 1. The smallest absolute Gasteiger partial charge is 0.178 e. The van der Waals surface area contributed by atoms with E-state index in [1.807, 2.05) is 26.8 Å². The van der Waals surface area contributed by atoms with Crippen molar-refractivity contribution in [2.45, 2.75) is 46.5 Å². The van der Waals surface area contributed by atoms with Crippen LogP contribution in [0.3, 0.4) is 0 Å². The molecule has 3 rings (SSSR count). The lowest BCUT2D eigenvalue weighted by atomic mass is 9.45. The number of carbonyl (C=O) groups excluding carboxylic acids is 3. The molecule has 0 aliphatic heterocycles. The van der Waals surface area contributed by atoms with E-state index in [0.717, 1.165) is 18.3 Å². The summed E-state index contributed by atoms with van der Waals surface area (Å²) in [5.41, 5.74) is -0.940. The lowest BCUT2D eigenvalue weighted by molar-refractivity contribution is -0.132. The average Bonchev–Trinajstić information content (AvgIpc) is 2.52. The molecule has 0 aromatic carbocycles. The van der Waals surface area contributed by atoms with Crippen molar-refractivity contribution in [3.8, 4) is 6.07 Å². The van der Waals surface area contributed by atoms with E-state index in [1.54, 1.807) is 12.2 Å². The van der Waals surface area contributed by atoms with Crippen LogP contribution in [0.4, 0.5) is 0 Å². The summed E-state index contributed by atoms with van der Waals surface area (Å²) in [6, 6.07) is 2.02. The maximum Gasteiger partial charge on any atom is 0.178 e. The maximum absolute atomic E-state index is 12.6. The van der Waals surface area contributed by atoms with Crippen LogP contribution in [-0.2, 0) is 14.4 Å². The second-order valence-electron chi connectivity index (χ2n) is 7.89. The largest absolute Gasteiger partial charge is 0.302 e. The van der Waals surface area contributed by atoms with Gasteiger partial charge in [-0.1, -0.05) is 26.8 Å². The van der Waals surface area contributed by atoms with E-state index in [4.69, 9.17) is 0 Å². The summed E-state index contributed by atoms with van der Waals surface area (Å²) in [6.45, 7) is 5.73. The molecule has 120 valence electrons. The molecular formula is C19H21NO3. The highest BCUT2D eigenvalue weighted by Gasteiger charge is 2.59. The van der Waals surface area contributed by atoms with Crippen LogP contribution in [0.2, 0.25) is 0 Å². The Bertz CT molecular complexity index is 721. The van der Waals surface area contributed by atoms with Gasteiger partial charge >= 0.3 is 0 Å². The molecule has 0 bridgehead atoms. The predicted octanol–water partition coefficient (Wildman–Crippen LogP) is 2.94. The zero-order valence-electron chi connectivity index (χ0n) is 13.8. The molecule has 0 unspecified atom stereocenters. The minimum absolute atomic E-state index is 0.00942. The van der Waals surface area contributed by atoms with E-state index in [1.165, 1.54) is 0 Å². The monoisotopic (exact) mass is 311 g/mol. The van der Waals surface area contributed by atoms with Crippen LogP contribution in [-0.4, -0.2) is 17.9 Å². The van der Waals surface area contributed by atoms with Crippen molar-refractivity contribution in [2.75, 3.05) is 0 Å². The first kappa shape index (κ1) is 15.9. The number of nitrogens with zero attached hydrogens (tertiary/aromatic N) is 1. The number of allylic oxidation sites excluding steroid dienone is 4. The van der Waals surface area contributed by atoms with Gasteiger partial charge in [0.25, 0.3) is 0 Å². The summed E-state index contributed by atoms with van der Waals surface area (Å²) in [6.07, 6.45) is 6.65. The highest BCUT2D eigenvalue weighted by Crippen LogP contribution is 2.63. The van der Waals surface area contributed by atoms with Crippen LogP contribution < -0.4 is 0 Å². The minimum Gasteiger partial charge on any atom is -0.302 e. The lowest BCUT2D eigenvalue weighted by Crippen LogP contribution is -2.54. The second kappa shape index (κ2) is 4.74. The first-order chi connectivity index (χ1) is 10.7. The number of fused-ring (bicyclic) bond motifs is 3. The molecule has 0 radical (unpaired) electrons. The summed E-state index contributed by atoms with van der Waals surface area (Å²) >= 11 is 0. The van der Waals surface area contributed by atoms with Gasteiger partial charge in [0.1, 0.15) is 12.4 Å². The summed E-state index contributed by atoms with van der Waals surface area (Å²) in [5, 5.41) is 9.37. The molecule has 1 saturated carbocycles. The Morgan fingerprint density at radius 1 is 1.26 bits per heavy atom. The van der Waals surface area contributed by atoms with E-state index < -0.39 is 16.2 Å². The minimum atomic E-state index is -0.676. The summed E-state index contributed by atoms with van der Waals surface area (Å²) in [4.78, 5) is 36.5. The molecule has 3 atom stereocenters. The average molecular weight is 311 g/mol. The molecule has 0 heterocycles. The first-order valence-electron chi connectivity index (χ1n) is 8.11. The van der Waals surface area contributed by atoms with Crippen molar-refractivity contribution in [1.82, 2.24) is 0 Å². The van der Waals surface area contributed by atoms with Crippen molar-refractivity contribution < 1.29 is 14.4 Å². The fraction of sp³-hybridized carbons (Fsp3) is 0.579. The van der Waals surface area contributed by atoms with Crippen molar-refractivity contribution in [1.29, 1.82) is 5.26 Å². The molecule has 3 aliphatic rings. The van der Waals surface area contributed by atoms with E-state index >= 15 is 0 Å². The third-order valence-corrected chi connectivity index (χ3v) is 6.33. The SMILES string of the molecule is CC1(C)C(=O)C(C#N)=C[C@]2(C)C3=CC(=O)CC[C@]3(C=O)CC[C@@H]12. The summed E-state index contributed by atoms with van der Waals surface area (Å²) in [7, 11) is 0. The van der Waals surface area contributed by atoms with E-state index in [-0.39, 0.29) is 23.1 Å². The normalized spacial score (nSPS) is 38.6. The summed E-state index contributed by atoms with van der Waals surface area (Å²) in [5.74, 6) is -0.116. The Balaban J connectivity index is 2.28. The number of Topliss-reactive ketones (excluding diaryl/α,β-unsaturated/α-hetero) is 1. The predicted molar refractivity (Wildman–Crippen MR) is 84.1 cm³/mol. The van der Waals surface area contributed by atoms with Crippen LogP contribution >= 0.6 is 0 Å². The standard InChI is InChI=1S/C19H21NO3/c1-17(2)14-5-7-19(11-21)6-4-13(22)8-15(19)18(14,3)9-12(10-20)16(17)23/h8-9,11,14H,4-7H2,1-3H3/t14-,18-,19+/m0/s1. The Morgan fingerprint density at radius 3 is 2.57 bits per heavy atom. The van der Waals surface area contributed by atoms with Crippen LogP contribution in [0, 0.1) is 33.5 Å². The molecule has 1 fully saturated rings. The lowest BCUT2D eigenvalue weighted by Gasteiger charge is -2.57. The Morgan fingerprint density at radius 2 is 1.96 bits per heavy atom. The first-order valence-corrected chi connectivity index (χ1v) is 8.11. The number of ketones is 2. The van der Waals surface area contributed by atoms with Crippen molar-refractivity contribution in [2.24, 2.45) is 22.2 Å². The zero-order chi connectivity index (χ0) is 17.0. The number of carbonyl (C=O) groups is 3. The van der Waals surface area contributed by atoms with E-state index in [9.17, 15) is 19.6 Å². The molecule has 4 heteroatoms. The third kappa shape index (κ3) is 1.92. The third-order valence-electron chi connectivity index (χ3n) is 6.33. The van der Waals surface area contributed by atoms with Gasteiger partial charge in [-0.15, -0.1) is 0 Å². The van der Waals surface area contributed by atoms with Gasteiger partial charge in [0.2, 0.25) is 0 Å². The van der Waals surface area contributed by atoms with Gasteiger partial charge in [0, 0.05) is 22.7 Å². The van der Waals surface area contributed by atoms with Crippen LogP contribution in [0.1, 0.15) is 46.5 Å². The number of rotatable bonds is 1. The van der Waals surface area contributed by atoms with Crippen LogP contribution in [0.15, 0.2) is 23.3 Å². The van der Waals surface area contributed by atoms with Gasteiger partial charge in [-0.05, 0) is 36.8 Å². The van der Waals surface area contributed by atoms with E-state index in [0.29, 0.717) is 19.3 Å². The number of aldehydes is 1. The molecule has 0 spiro atoms. The number of hydrogen-bond acceptors (Lipinski definition) is 4. The van der Waals surface area contributed by atoms with Crippen LogP contribution in [0.5, 0.6) is 0 Å². The molecule has 0 saturated heterocycles. The molecule has 4 nitrogen and oxygen atoms in total. The Labute approximate surface area is 136 Å². The van der Waals surface area contributed by atoms with Crippen molar-refractivity contribution in [3.63, 3.8) is 0 Å². The molecule has 0 aromatic rings. The highest BCUT2D eigenvalue weighted by atomic mass is 16.1. The van der Waals surface area contributed by atoms with Crippen molar-refractivity contribution in [3.05, 3.63) is 23.3 Å². The quantitative estimate of drug-likeness (QED) is 0.698. The highest BCUT2D eigenvalue weighted by molar-refractivity contribution is 6.04. The van der Waals surface area contributed by atoms with Gasteiger partial charge in [-0.3, -0.25) is 9.59 Å². The maximum atomic E-state index is 12.6. The molecule has 0 aromatic heterocycles. The zero-order valence-corrected chi connectivity index (χ0v) is 13.8. The molecule has 23 heavy (non-hydrogen) atoms. The molecule has 3 aliphatic carbocycles. The van der Waals surface area contributed by atoms with Gasteiger partial charge in [-0.2, -0.15) is 5.26 Å². The number of hydrogen-bond donors (Lipinski definition) is 0. The fourth-order valence-electron chi connectivity index (χ4n) is 5.12. The second-order valence-corrected chi connectivity index (χ2v) is 7.89. The fourth-order valence-corrected chi connectivity index (χ4v) is 5.12. The molecule has 0 amide bonds. The molecule has 0 N–H and O–H groups in total. The molecular weight excluding hydrogens is 290 g/mol. The van der Waals surface area contributed by atoms with Gasteiger partial charge in [-0.25, -0.2) is 0 Å². The Kier molecular flexibility index (Phi) is 3.27. The van der Waals surface area contributed by atoms with Gasteiger partial charge in [0.15, 0.2) is 11.6 Å². The topological polar surface area (TPSA) is 75.0 Å². The Hall–Kier alpha value is -2.02. The van der Waals surface area contributed by atoms with Gasteiger partial charge in [0.05, 0.1) is 5.57 Å². The van der Waals surface area contributed by atoms with Crippen molar-refractivity contribution >= 4 is 17.9 Å². The summed E-state index contributed by atoms with van der Waals surface area (Å²) < 4.78 is 0. The van der Waals surface area contributed by atoms with E-state index in [2.05, 4.69) is 0 Å². The van der Waals surface area contributed by atoms with Crippen LogP contribution in [0.25, 0.3) is 0 Å².